The number of anilines is 2. The van der Waals surface area contributed by atoms with Crippen LogP contribution in [0, 0.1) is 13.8 Å². The first-order chi connectivity index (χ1) is 16.6. The van der Waals surface area contributed by atoms with E-state index < -0.39 is 0 Å². The number of carbonyl (C=O) groups is 1. The van der Waals surface area contributed by atoms with Crippen molar-refractivity contribution in [2.45, 2.75) is 26.6 Å². The molecule has 0 N–H and O–H groups in total. The number of benzene rings is 4. The molecule has 1 aliphatic heterocycles. The maximum absolute atomic E-state index is 13.8. The first-order valence-corrected chi connectivity index (χ1v) is 11.6. The zero-order valence-electron chi connectivity index (χ0n) is 19.6. The van der Waals surface area contributed by atoms with Crippen LogP contribution in [0.3, 0.4) is 0 Å². The molecule has 1 atom stereocenters. The van der Waals surface area contributed by atoms with Crippen molar-refractivity contribution in [2.75, 3.05) is 9.80 Å². The first kappa shape index (κ1) is 21.7. The fourth-order valence-corrected chi connectivity index (χ4v) is 4.44. The number of para-hydroxylation sites is 1. The molecule has 1 unspecified atom stereocenters. The smallest absolute Gasteiger partial charge is 0.262 e. The van der Waals surface area contributed by atoms with Gasteiger partial charge in [0.25, 0.3) is 5.91 Å². The van der Waals surface area contributed by atoms with Crippen molar-refractivity contribution in [1.82, 2.24) is 0 Å². The van der Waals surface area contributed by atoms with Crippen LogP contribution in [0.5, 0.6) is 0 Å². The van der Waals surface area contributed by atoms with Crippen LogP contribution in [0.4, 0.5) is 11.4 Å². The second kappa shape index (κ2) is 9.40. The molecule has 168 valence electrons. The van der Waals surface area contributed by atoms with Crippen LogP contribution < -0.4 is 9.80 Å². The van der Waals surface area contributed by atoms with Crippen LogP contribution in [0.2, 0.25) is 0 Å². The molecule has 1 heterocycles. The van der Waals surface area contributed by atoms with Gasteiger partial charge in [-0.3, -0.25) is 9.69 Å². The van der Waals surface area contributed by atoms with E-state index in [1.807, 2.05) is 41.3 Å². The van der Waals surface area contributed by atoms with Crippen LogP contribution in [0.1, 0.15) is 32.6 Å². The number of hydrogen-bond donors (Lipinski definition) is 0. The van der Waals surface area contributed by atoms with Crippen molar-refractivity contribution in [3.8, 4) is 0 Å². The van der Waals surface area contributed by atoms with Crippen molar-refractivity contribution < 1.29 is 4.79 Å². The summed E-state index contributed by atoms with van der Waals surface area (Å²) in [6, 6.07) is 35.0. The minimum Gasteiger partial charge on any atom is -0.342 e. The third-order valence-corrected chi connectivity index (χ3v) is 6.29. The fourth-order valence-electron chi connectivity index (χ4n) is 4.44. The summed E-state index contributed by atoms with van der Waals surface area (Å²) in [5, 5.41) is 0. The Labute approximate surface area is 201 Å². The van der Waals surface area contributed by atoms with Gasteiger partial charge in [0.05, 0.1) is 11.3 Å². The van der Waals surface area contributed by atoms with Gasteiger partial charge in [-0.05, 0) is 55.3 Å². The van der Waals surface area contributed by atoms with Crippen molar-refractivity contribution in [2.24, 2.45) is 0 Å². The number of hydrogen-bond acceptors (Lipinski definition) is 2. The third kappa shape index (κ3) is 4.38. The highest BCUT2D eigenvalue weighted by atomic mass is 16.2. The SMILES string of the molecule is Cc1ccc(/C=C/C2N(Cc3ccccc3)c3ccccc3C(=O)N2c2ccc(C)cc2)cc1. The molecule has 0 aromatic heterocycles. The topological polar surface area (TPSA) is 23.6 Å². The summed E-state index contributed by atoms with van der Waals surface area (Å²) in [4.78, 5) is 18.1. The van der Waals surface area contributed by atoms with Crippen LogP contribution in [-0.2, 0) is 6.54 Å². The summed E-state index contributed by atoms with van der Waals surface area (Å²) in [6.07, 6.45) is 3.98. The molecular weight excluding hydrogens is 416 g/mol. The van der Waals surface area contributed by atoms with Gasteiger partial charge in [-0.2, -0.15) is 0 Å². The van der Waals surface area contributed by atoms with Crippen LogP contribution in [0.15, 0.2) is 109 Å². The van der Waals surface area contributed by atoms with Gasteiger partial charge in [0, 0.05) is 12.2 Å². The Hall–Kier alpha value is -4.11. The molecular formula is C31H28N2O. The van der Waals surface area contributed by atoms with Gasteiger partial charge >= 0.3 is 0 Å². The predicted octanol–water partition coefficient (Wildman–Crippen LogP) is 7.01. The molecule has 0 aliphatic carbocycles. The van der Waals surface area contributed by atoms with Gasteiger partial charge in [-0.15, -0.1) is 0 Å². The number of carbonyl (C=O) groups excluding carboxylic acids is 1. The van der Waals surface area contributed by atoms with Crippen LogP contribution >= 0.6 is 0 Å². The predicted molar refractivity (Wildman–Crippen MR) is 141 cm³/mol. The first-order valence-electron chi connectivity index (χ1n) is 11.6. The molecule has 0 spiro atoms. The van der Waals surface area contributed by atoms with E-state index in [1.54, 1.807) is 0 Å². The zero-order chi connectivity index (χ0) is 23.5. The Balaban J connectivity index is 1.64. The zero-order valence-corrected chi connectivity index (χ0v) is 19.6. The van der Waals surface area contributed by atoms with E-state index in [1.165, 1.54) is 16.7 Å². The normalized spacial score (nSPS) is 15.6. The Morgan fingerprint density at radius 2 is 1.35 bits per heavy atom. The van der Waals surface area contributed by atoms with Gasteiger partial charge in [0.2, 0.25) is 0 Å². The second-order valence-electron chi connectivity index (χ2n) is 8.82. The molecule has 5 rings (SSSR count). The Bertz CT molecular complexity index is 1310. The van der Waals surface area contributed by atoms with E-state index in [0.29, 0.717) is 6.54 Å². The van der Waals surface area contributed by atoms with Gasteiger partial charge in [-0.25, -0.2) is 0 Å². The molecule has 0 bridgehead atoms. The number of aryl methyl sites for hydroxylation is 2. The quantitative estimate of drug-likeness (QED) is 0.330. The summed E-state index contributed by atoms with van der Waals surface area (Å²) in [7, 11) is 0. The van der Waals surface area contributed by atoms with E-state index in [9.17, 15) is 4.79 Å². The fraction of sp³-hybridized carbons (Fsp3) is 0.129. The lowest BCUT2D eigenvalue weighted by Gasteiger charge is -2.44. The van der Waals surface area contributed by atoms with E-state index >= 15 is 0 Å². The molecule has 0 saturated heterocycles. The van der Waals surface area contributed by atoms with Crippen molar-refractivity contribution in [3.05, 3.63) is 137 Å². The largest absolute Gasteiger partial charge is 0.342 e. The monoisotopic (exact) mass is 444 g/mol. The lowest BCUT2D eigenvalue weighted by molar-refractivity contribution is 0.0974. The summed E-state index contributed by atoms with van der Waals surface area (Å²) < 4.78 is 0. The van der Waals surface area contributed by atoms with E-state index in [2.05, 4.69) is 97.6 Å². The van der Waals surface area contributed by atoms with E-state index in [4.69, 9.17) is 0 Å². The molecule has 0 fully saturated rings. The summed E-state index contributed by atoms with van der Waals surface area (Å²) in [6.45, 7) is 4.84. The molecule has 1 amide bonds. The van der Waals surface area contributed by atoms with Gasteiger partial charge < -0.3 is 4.90 Å². The molecule has 1 aliphatic rings. The van der Waals surface area contributed by atoms with E-state index in [0.717, 1.165) is 22.5 Å². The standard InChI is InChI=1S/C31H28N2O/c1-23-12-16-25(17-13-23)18-21-30-32(22-26-8-4-3-5-9-26)29-11-7-6-10-28(29)31(34)33(30)27-19-14-24(2)15-20-27/h3-21,30H,22H2,1-2H3/b21-18+. The molecule has 0 saturated carbocycles. The molecule has 3 nitrogen and oxygen atoms in total. The van der Waals surface area contributed by atoms with Gasteiger partial charge in [-0.1, -0.05) is 96.1 Å². The Kier molecular flexibility index (Phi) is 6.01. The minimum absolute atomic E-state index is 0.0160. The van der Waals surface area contributed by atoms with Crippen LogP contribution in [0.25, 0.3) is 6.08 Å². The lowest BCUT2D eigenvalue weighted by Crippen LogP contribution is -2.54. The van der Waals surface area contributed by atoms with Crippen molar-refractivity contribution >= 4 is 23.4 Å². The highest BCUT2D eigenvalue weighted by Gasteiger charge is 2.37. The average Bonchev–Trinajstić information content (AvgIpc) is 2.87. The number of nitrogens with zero attached hydrogens (tertiary/aromatic N) is 2. The lowest BCUT2D eigenvalue weighted by atomic mass is 10.0. The molecule has 4 aromatic rings. The van der Waals surface area contributed by atoms with Crippen molar-refractivity contribution in [3.63, 3.8) is 0 Å². The van der Waals surface area contributed by atoms with Gasteiger partial charge in [0.15, 0.2) is 0 Å². The molecule has 3 heteroatoms. The highest BCUT2D eigenvalue weighted by molar-refractivity contribution is 6.12. The number of fused-ring (bicyclic) bond motifs is 1. The minimum atomic E-state index is -0.272. The molecule has 4 aromatic carbocycles. The van der Waals surface area contributed by atoms with E-state index in [-0.39, 0.29) is 12.1 Å². The summed E-state index contributed by atoms with van der Waals surface area (Å²) in [5.74, 6) is 0.0160. The maximum atomic E-state index is 13.8. The Morgan fingerprint density at radius 1 is 0.735 bits per heavy atom. The summed E-state index contributed by atoms with van der Waals surface area (Å²) in [5.41, 5.74) is 7.27. The highest BCUT2D eigenvalue weighted by Crippen LogP contribution is 2.36. The summed E-state index contributed by atoms with van der Waals surface area (Å²) >= 11 is 0. The molecule has 0 radical (unpaired) electrons. The maximum Gasteiger partial charge on any atom is 0.262 e. The average molecular weight is 445 g/mol. The third-order valence-electron chi connectivity index (χ3n) is 6.29. The number of rotatable bonds is 5. The van der Waals surface area contributed by atoms with Gasteiger partial charge in [0.1, 0.15) is 6.17 Å². The second-order valence-corrected chi connectivity index (χ2v) is 8.82. The van der Waals surface area contributed by atoms with Crippen molar-refractivity contribution in [1.29, 1.82) is 0 Å². The number of amides is 1. The van der Waals surface area contributed by atoms with Crippen LogP contribution in [-0.4, -0.2) is 12.1 Å². The molecule has 34 heavy (non-hydrogen) atoms. The Morgan fingerprint density at radius 3 is 2.06 bits per heavy atom.